The average molecular weight is 362 g/mol. The average Bonchev–Trinajstić information content (AvgIpc) is 2.68. The van der Waals surface area contributed by atoms with Crippen LogP contribution in [0.5, 0.6) is 0 Å². The first-order valence-corrected chi connectivity index (χ1v) is 8.78. The van der Waals surface area contributed by atoms with Crippen LogP contribution in [-0.4, -0.2) is 28.6 Å². The van der Waals surface area contributed by atoms with Gasteiger partial charge in [0.25, 0.3) is 5.91 Å². The largest absolute Gasteiger partial charge is 0.369 e. The van der Waals surface area contributed by atoms with Crippen LogP contribution >= 0.6 is 0 Å². The van der Waals surface area contributed by atoms with Crippen molar-refractivity contribution in [3.8, 4) is 11.4 Å². The van der Waals surface area contributed by atoms with Crippen LogP contribution < -0.4 is 10.6 Å². The second-order valence-electron chi connectivity index (χ2n) is 6.23. The molecule has 0 atom stereocenters. The Kier molecular flexibility index (Phi) is 6.12. The van der Waals surface area contributed by atoms with Crippen molar-refractivity contribution in [1.82, 2.24) is 9.97 Å². The Morgan fingerprint density at radius 1 is 0.963 bits per heavy atom. The summed E-state index contributed by atoms with van der Waals surface area (Å²) in [5.74, 6) is 1.28. The number of nitrogens with one attached hydrogen (secondary N) is 2. The highest BCUT2D eigenvalue weighted by molar-refractivity contribution is 5.91. The zero-order chi connectivity index (χ0) is 19.1. The molecule has 0 fully saturated rings. The van der Waals surface area contributed by atoms with Gasteiger partial charge < -0.3 is 15.4 Å². The van der Waals surface area contributed by atoms with Gasteiger partial charge in [-0.3, -0.25) is 4.79 Å². The summed E-state index contributed by atoms with van der Waals surface area (Å²) in [7, 11) is 0. The van der Waals surface area contributed by atoms with Crippen molar-refractivity contribution >= 4 is 23.2 Å². The third kappa shape index (κ3) is 5.62. The fourth-order valence-corrected chi connectivity index (χ4v) is 2.38. The van der Waals surface area contributed by atoms with E-state index in [-0.39, 0.29) is 18.6 Å². The van der Waals surface area contributed by atoms with Gasteiger partial charge in [-0.15, -0.1) is 0 Å². The molecular weight excluding hydrogens is 340 g/mol. The molecule has 138 valence electrons. The van der Waals surface area contributed by atoms with Crippen molar-refractivity contribution in [3.63, 3.8) is 0 Å². The van der Waals surface area contributed by atoms with Crippen LogP contribution in [-0.2, 0) is 9.53 Å². The van der Waals surface area contributed by atoms with Crippen molar-refractivity contribution in [2.75, 3.05) is 17.2 Å². The van der Waals surface area contributed by atoms with Crippen LogP contribution in [0.1, 0.15) is 13.8 Å². The molecule has 3 aromatic rings. The summed E-state index contributed by atoms with van der Waals surface area (Å²) >= 11 is 0. The van der Waals surface area contributed by atoms with Crippen molar-refractivity contribution in [1.29, 1.82) is 0 Å². The number of rotatable bonds is 7. The Labute approximate surface area is 158 Å². The van der Waals surface area contributed by atoms with E-state index in [4.69, 9.17) is 4.74 Å². The number of nitrogens with zero attached hydrogens (tertiary/aromatic N) is 2. The molecule has 27 heavy (non-hydrogen) atoms. The first-order valence-electron chi connectivity index (χ1n) is 8.78. The number of carbonyl (C=O) groups is 1. The van der Waals surface area contributed by atoms with E-state index in [0.717, 1.165) is 11.3 Å². The lowest BCUT2D eigenvalue weighted by molar-refractivity contribution is -0.121. The number of amides is 1. The maximum Gasteiger partial charge on any atom is 0.251 e. The number of ether oxygens (including phenoxy) is 1. The summed E-state index contributed by atoms with van der Waals surface area (Å²) in [6, 6.07) is 21.0. The number of carbonyl (C=O) groups excluding carboxylic acids is 1. The molecule has 2 aromatic carbocycles. The molecular formula is C21H22N4O2. The molecule has 1 heterocycles. The lowest BCUT2D eigenvalue weighted by Crippen LogP contribution is -2.21. The second-order valence-corrected chi connectivity index (χ2v) is 6.23. The maximum atomic E-state index is 12.1. The Morgan fingerprint density at radius 3 is 2.26 bits per heavy atom. The second kappa shape index (κ2) is 8.91. The van der Waals surface area contributed by atoms with Gasteiger partial charge in [-0.05, 0) is 26.0 Å². The van der Waals surface area contributed by atoms with Gasteiger partial charge in [0.1, 0.15) is 18.2 Å². The third-order valence-corrected chi connectivity index (χ3v) is 3.62. The van der Waals surface area contributed by atoms with E-state index in [9.17, 15) is 4.79 Å². The molecule has 0 bridgehead atoms. The molecule has 1 amide bonds. The fourth-order valence-electron chi connectivity index (χ4n) is 2.38. The minimum atomic E-state index is -0.257. The number of hydrogen-bond acceptors (Lipinski definition) is 5. The summed E-state index contributed by atoms with van der Waals surface area (Å²) in [6.07, 6.45) is -0.0173. The van der Waals surface area contributed by atoms with E-state index in [2.05, 4.69) is 20.6 Å². The first kappa shape index (κ1) is 18.5. The van der Waals surface area contributed by atoms with Gasteiger partial charge in [-0.1, -0.05) is 48.5 Å². The standard InChI is InChI=1S/C21H22N4O2/c1-15(2)27-14-20(26)23-19-13-18(22-17-11-7-4-8-12-17)24-21(25-19)16-9-5-3-6-10-16/h3-13,15H,14H2,1-2H3,(H2,22,23,24,25,26). The van der Waals surface area contributed by atoms with Crippen molar-refractivity contribution in [2.24, 2.45) is 0 Å². The summed E-state index contributed by atoms with van der Waals surface area (Å²) in [4.78, 5) is 21.2. The highest BCUT2D eigenvalue weighted by atomic mass is 16.5. The van der Waals surface area contributed by atoms with Crippen molar-refractivity contribution in [2.45, 2.75) is 20.0 Å². The van der Waals surface area contributed by atoms with Crippen LogP contribution in [0.2, 0.25) is 0 Å². The highest BCUT2D eigenvalue weighted by Gasteiger charge is 2.10. The van der Waals surface area contributed by atoms with Crippen molar-refractivity contribution in [3.05, 3.63) is 66.7 Å². The van der Waals surface area contributed by atoms with E-state index in [1.54, 1.807) is 6.07 Å². The Balaban J connectivity index is 1.87. The number of aromatic nitrogens is 2. The summed E-state index contributed by atoms with van der Waals surface area (Å²) in [5.41, 5.74) is 1.76. The van der Waals surface area contributed by atoms with Crippen molar-refractivity contribution < 1.29 is 9.53 Å². The molecule has 0 radical (unpaired) electrons. The first-order chi connectivity index (χ1) is 13.1. The summed E-state index contributed by atoms with van der Waals surface area (Å²) in [6.45, 7) is 3.74. The summed E-state index contributed by atoms with van der Waals surface area (Å²) in [5, 5.41) is 6.02. The lowest BCUT2D eigenvalue weighted by atomic mass is 10.2. The molecule has 6 heteroatoms. The van der Waals surface area contributed by atoms with Gasteiger partial charge in [0.2, 0.25) is 0 Å². The van der Waals surface area contributed by atoms with Gasteiger partial charge >= 0.3 is 0 Å². The highest BCUT2D eigenvalue weighted by Crippen LogP contribution is 2.22. The molecule has 0 aliphatic rings. The molecule has 0 aliphatic heterocycles. The van der Waals surface area contributed by atoms with Gasteiger partial charge in [0.05, 0.1) is 6.10 Å². The Bertz CT molecular complexity index is 883. The molecule has 0 spiro atoms. The van der Waals surface area contributed by atoms with Gasteiger partial charge in [-0.25, -0.2) is 9.97 Å². The number of anilines is 3. The van der Waals surface area contributed by atoms with Crippen LogP contribution in [0.3, 0.4) is 0 Å². The molecule has 0 unspecified atom stereocenters. The van der Waals surface area contributed by atoms with Crippen LogP contribution in [0.4, 0.5) is 17.3 Å². The maximum absolute atomic E-state index is 12.1. The smallest absolute Gasteiger partial charge is 0.251 e. The van der Waals surface area contributed by atoms with E-state index in [1.807, 2.05) is 74.5 Å². The van der Waals surface area contributed by atoms with E-state index in [1.165, 1.54) is 0 Å². The molecule has 2 N–H and O–H groups in total. The predicted octanol–water partition coefficient (Wildman–Crippen LogP) is 4.25. The molecule has 3 rings (SSSR count). The molecule has 6 nitrogen and oxygen atoms in total. The Hall–Kier alpha value is -3.25. The van der Waals surface area contributed by atoms with Crippen LogP contribution in [0.15, 0.2) is 66.7 Å². The number of hydrogen-bond donors (Lipinski definition) is 2. The molecule has 0 saturated heterocycles. The minimum Gasteiger partial charge on any atom is -0.369 e. The normalized spacial score (nSPS) is 10.6. The number of benzene rings is 2. The quantitative estimate of drug-likeness (QED) is 0.657. The zero-order valence-electron chi connectivity index (χ0n) is 15.3. The monoisotopic (exact) mass is 362 g/mol. The van der Waals surface area contributed by atoms with E-state index < -0.39 is 0 Å². The molecule has 0 aliphatic carbocycles. The zero-order valence-corrected chi connectivity index (χ0v) is 15.3. The van der Waals surface area contributed by atoms with Gasteiger partial charge in [-0.2, -0.15) is 0 Å². The van der Waals surface area contributed by atoms with Crippen LogP contribution in [0.25, 0.3) is 11.4 Å². The third-order valence-electron chi connectivity index (χ3n) is 3.62. The molecule has 1 aromatic heterocycles. The van der Waals surface area contributed by atoms with Gasteiger partial charge in [0.15, 0.2) is 5.82 Å². The topological polar surface area (TPSA) is 76.1 Å². The minimum absolute atomic E-state index is 0.0173. The Morgan fingerprint density at radius 2 is 1.59 bits per heavy atom. The predicted molar refractivity (Wildman–Crippen MR) is 107 cm³/mol. The van der Waals surface area contributed by atoms with E-state index >= 15 is 0 Å². The fraction of sp³-hybridized carbons (Fsp3) is 0.190. The molecule has 0 saturated carbocycles. The summed E-state index contributed by atoms with van der Waals surface area (Å²) < 4.78 is 5.35. The lowest BCUT2D eigenvalue weighted by Gasteiger charge is -2.12. The van der Waals surface area contributed by atoms with Gasteiger partial charge in [0, 0.05) is 17.3 Å². The van der Waals surface area contributed by atoms with E-state index in [0.29, 0.717) is 17.5 Å². The SMILES string of the molecule is CC(C)OCC(=O)Nc1cc(Nc2ccccc2)nc(-c2ccccc2)n1. The van der Waals surface area contributed by atoms with Crippen LogP contribution in [0, 0.1) is 0 Å². The number of para-hydroxylation sites is 1.